The van der Waals surface area contributed by atoms with Crippen LogP contribution in [0.1, 0.15) is 32.1 Å². The van der Waals surface area contributed by atoms with E-state index in [4.69, 9.17) is 5.90 Å². The molecule has 2 aliphatic carbocycles. The van der Waals surface area contributed by atoms with Crippen molar-refractivity contribution in [3.05, 3.63) is 0 Å². The van der Waals surface area contributed by atoms with Crippen LogP contribution < -0.4 is 5.90 Å². The number of halogens is 1. The first-order valence-corrected chi connectivity index (χ1v) is 4.16. The fourth-order valence-corrected chi connectivity index (χ4v) is 2.50. The highest BCUT2D eigenvalue weighted by Crippen LogP contribution is 2.58. The van der Waals surface area contributed by atoms with E-state index >= 15 is 0 Å². The lowest BCUT2D eigenvalue weighted by molar-refractivity contribution is -0.0621. The molecule has 2 rings (SSSR count). The first-order valence-electron chi connectivity index (χ1n) is 4.16. The van der Waals surface area contributed by atoms with Crippen molar-refractivity contribution in [3.63, 3.8) is 0 Å². The predicted octanol–water partition coefficient (Wildman–Crippen LogP) is 1.88. The molecule has 2 saturated carbocycles. The molecule has 0 aliphatic heterocycles. The summed E-state index contributed by atoms with van der Waals surface area (Å²) in [7, 11) is 0. The smallest absolute Gasteiger partial charge is 0.0707 e. The van der Waals surface area contributed by atoms with Crippen molar-refractivity contribution < 1.29 is 4.84 Å². The molecule has 3 heteroatoms. The van der Waals surface area contributed by atoms with E-state index in [0.29, 0.717) is 0 Å². The summed E-state index contributed by atoms with van der Waals surface area (Å²) in [6.07, 6.45) is 7.15. The van der Waals surface area contributed by atoms with Crippen LogP contribution in [0.2, 0.25) is 0 Å². The fourth-order valence-electron chi connectivity index (χ4n) is 2.50. The maximum atomic E-state index is 4.99. The summed E-state index contributed by atoms with van der Waals surface area (Å²) in [5.41, 5.74) is 0.781. The molecule has 0 amide bonds. The Morgan fingerprint density at radius 2 is 2.00 bits per heavy atom. The second kappa shape index (κ2) is 3.30. The van der Waals surface area contributed by atoms with E-state index < -0.39 is 0 Å². The highest BCUT2D eigenvalue weighted by Gasteiger charge is 2.47. The van der Waals surface area contributed by atoms with Gasteiger partial charge in [0.05, 0.1) is 6.61 Å². The van der Waals surface area contributed by atoms with E-state index in [9.17, 15) is 0 Å². The van der Waals surface area contributed by atoms with Crippen LogP contribution in [-0.2, 0) is 4.84 Å². The fraction of sp³-hybridized carbons (Fsp3) is 1.00. The van der Waals surface area contributed by atoms with Gasteiger partial charge in [-0.15, -0.1) is 12.4 Å². The summed E-state index contributed by atoms with van der Waals surface area (Å²) in [6, 6.07) is 0. The van der Waals surface area contributed by atoms with Gasteiger partial charge in [0, 0.05) is 0 Å². The highest BCUT2D eigenvalue weighted by molar-refractivity contribution is 5.85. The molecule has 2 fully saturated rings. The van der Waals surface area contributed by atoms with Crippen LogP contribution >= 0.6 is 12.4 Å². The van der Waals surface area contributed by atoms with Gasteiger partial charge in [0.15, 0.2) is 0 Å². The largest absolute Gasteiger partial charge is 0.304 e. The number of hydrogen-bond acceptors (Lipinski definition) is 2. The third kappa shape index (κ3) is 1.53. The molecule has 0 aromatic carbocycles. The first kappa shape index (κ1) is 9.30. The van der Waals surface area contributed by atoms with E-state index in [1.807, 2.05) is 0 Å². The van der Waals surface area contributed by atoms with E-state index in [1.54, 1.807) is 0 Å². The zero-order chi connectivity index (χ0) is 7.03. The third-order valence-corrected chi connectivity index (χ3v) is 3.19. The minimum absolute atomic E-state index is 0. The van der Waals surface area contributed by atoms with Crippen molar-refractivity contribution in [1.82, 2.24) is 0 Å². The quantitative estimate of drug-likeness (QED) is 0.654. The van der Waals surface area contributed by atoms with Crippen LogP contribution in [-0.4, -0.2) is 6.61 Å². The normalized spacial score (nSPS) is 27.0. The Kier molecular flexibility index (Phi) is 2.79. The molecule has 11 heavy (non-hydrogen) atoms. The lowest BCUT2D eigenvalue weighted by atomic mass is 9.52. The average Bonchev–Trinajstić information content (AvgIpc) is 1.72. The minimum atomic E-state index is 0. The second-order valence-corrected chi connectivity index (χ2v) is 3.96. The van der Waals surface area contributed by atoms with Crippen molar-refractivity contribution in [2.75, 3.05) is 6.61 Å². The Hall–Kier alpha value is 0.210. The van der Waals surface area contributed by atoms with Crippen LogP contribution in [0, 0.1) is 11.3 Å². The van der Waals surface area contributed by atoms with Crippen molar-refractivity contribution in [3.8, 4) is 0 Å². The van der Waals surface area contributed by atoms with Gasteiger partial charge in [0.2, 0.25) is 0 Å². The number of rotatable bonds is 2. The molecule has 0 unspecified atom stereocenters. The van der Waals surface area contributed by atoms with Gasteiger partial charge in [-0.3, -0.25) is 0 Å². The summed E-state index contributed by atoms with van der Waals surface area (Å²) in [6.45, 7) is 0.780. The zero-order valence-electron chi connectivity index (χ0n) is 6.71. The van der Waals surface area contributed by atoms with Gasteiger partial charge in [-0.05, 0) is 37.0 Å². The predicted molar refractivity (Wildman–Crippen MR) is 46.4 cm³/mol. The monoisotopic (exact) mass is 177 g/mol. The Bertz CT molecular complexity index is 128. The Morgan fingerprint density at radius 3 is 2.36 bits per heavy atom. The van der Waals surface area contributed by atoms with E-state index in [2.05, 4.69) is 4.84 Å². The van der Waals surface area contributed by atoms with Crippen molar-refractivity contribution in [2.24, 2.45) is 17.2 Å². The van der Waals surface area contributed by atoms with E-state index in [0.717, 1.165) is 17.9 Å². The molecule has 0 bridgehead atoms. The van der Waals surface area contributed by atoms with Crippen molar-refractivity contribution in [2.45, 2.75) is 32.1 Å². The van der Waals surface area contributed by atoms with Crippen LogP contribution in [0.3, 0.4) is 0 Å². The third-order valence-electron chi connectivity index (χ3n) is 3.19. The molecule has 0 radical (unpaired) electrons. The molecule has 0 aromatic heterocycles. The second-order valence-electron chi connectivity index (χ2n) is 3.96. The van der Waals surface area contributed by atoms with Crippen LogP contribution in [0.15, 0.2) is 0 Å². The van der Waals surface area contributed by atoms with Gasteiger partial charge in [-0.25, -0.2) is 5.90 Å². The van der Waals surface area contributed by atoms with Crippen molar-refractivity contribution >= 4 is 12.4 Å². The molecule has 2 aliphatic rings. The summed E-state index contributed by atoms with van der Waals surface area (Å²) in [5, 5.41) is 0. The summed E-state index contributed by atoms with van der Waals surface area (Å²) >= 11 is 0. The molecule has 0 atom stereocenters. The standard InChI is InChI=1S/C8H15NO.ClH/c9-10-6-7-4-8(5-7)2-1-3-8;/h7H,1-6,9H2;1H. The molecule has 1 spiro atoms. The molecule has 0 aromatic rings. The number of hydrogen-bond donors (Lipinski definition) is 1. The van der Waals surface area contributed by atoms with Crippen LogP contribution in [0.4, 0.5) is 0 Å². The van der Waals surface area contributed by atoms with Crippen molar-refractivity contribution in [1.29, 1.82) is 0 Å². The Balaban J connectivity index is 0.000000605. The number of nitrogens with two attached hydrogens (primary N) is 1. The molecule has 66 valence electrons. The Morgan fingerprint density at radius 1 is 1.36 bits per heavy atom. The summed E-state index contributed by atoms with van der Waals surface area (Å²) in [5.74, 6) is 5.77. The topological polar surface area (TPSA) is 35.2 Å². The molecule has 0 saturated heterocycles. The average molecular weight is 178 g/mol. The van der Waals surface area contributed by atoms with Gasteiger partial charge < -0.3 is 4.84 Å². The SMILES string of the molecule is Cl.NOCC1CC2(CCC2)C1. The zero-order valence-corrected chi connectivity index (χ0v) is 7.53. The first-order chi connectivity index (χ1) is 4.85. The van der Waals surface area contributed by atoms with E-state index in [1.165, 1.54) is 32.1 Å². The van der Waals surface area contributed by atoms with Gasteiger partial charge in [-0.2, -0.15) is 0 Å². The highest BCUT2D eigenvalue weighted by atomic mass is 35.5. The molecular formula is C8H16ClNO. The minimum Gasteiger partial charge on any atom is -0.304 e. The van der Waals surface area contributed by atoms with Crippen LogP contribution in [0.5, 0.6) is 0 Å². The van der Waals surface area contributed by atoms with Gasteiger partial charge in [0.1, 0.15) is 0 Å². The molecule has 0 heterocycles. The van der Waals surface area contributed by atoms with Gasteiger partial charge in [0.25, 0.3) is 0 Å². The van der Waals surface area contributed by atoms with E-state index in [-0.39, 0.29) is 12.4 Å². The molecule has 2 nitrogen and oxygen atoms in total. The Labute approximate surface area is 73.8 Å². The lowest BCUT2D eigenvalue weighted by Gasteiger charge is -2.54. The maximum absolute atomic E-state index is 4.99. The summed E-state index contributed by atoms with van der Waals surface area (Å²) < 4.78 is 0. The van der Waals surface area contributed by atoms with Crippen LogP contribution in [0.25, 0.3) is 0 Å². The molecular weight excluding hydrogens is 162 g/mol. The maximum Gasteiger partial charge on any atom is 0.0707 e. The van der Waals surface area contributed by atoms with Gasteiger partial charge >= 0.3 is 0 Å². The van der Waals surface area contributed by atoms with Gasteiger partial charge in [-0.1, -0.05) is 6.42 Å². The summed E-state index contributed by atoms with van der Waals surface area (Å²) in [4.78, 5) is 4.61. The lowest BCUT2D eigenvalue weighted by Crippen LogP contribution is -2.44. The molecule has 2 N–H and O–H groups in total.